The Morgan fingerprint density at radius 2 is 2.14 bits per heavy atom. The van der Waals surface area contributed by atoms with Crippen molar-refractivity contribution < 1.29 is 14.0 Å². The van der Waals surface area contributed by atoms with Gasteiger partial charge in [0.25, 0.3) is 0 Å². The van der Waals surface area contributed by atoms with Gasteiger partial charge < -0.3 is 9.47 Å². The van der Waals surface area contributed by atoms with Gasteiger partial charge in [0.2, 0.25) is 0 Å². The number of fused-ring (bicyclic) bond motifs is 1. The average Bonchev–Trinajstić information content (AvgIpc) is 2.68. The van der Waals surface area contributed by atoms with Crippen molar-refractivity contribution in [1.82, 2.24) is 4.98 Å². The molecule has 0 aliphatic rings. The van der Waals surface area contributed by atoms with E-state index in [0.717, 1.165) is 10.2 Å². The minimum atomic E-state index is 0.549. The number of aryl methyl sites for hydroxylation is 1. The van der Waals surface area contributed by atoms with Crippen LogP contribution in [0.3, 0.4) is 0 Å². The van der Waals surface area contributed by atoms with E-state index >= 15 is 0 Å². The molecule has 2 heterocycles. The molecule has 0 saturated carbocycles. The molecule has 4 nitrogen and oxygen atoms in total. The van der Waals surface area contributed by atoms with E-state index in [2.05, 4.69) is 4.98 Å². The molecule has 0 radical (unpaired) electrons. The van der Waals surface area contributed by atoms with Crippen LogP contribution in [0.25, 0.3) is 10.2 Å². The third-order valence-corrected chi connectivity index (χ3v) is 2.95. The molecular weight excluding hydrogens is 200 g/mol. The fraction of sp³-hybridized carbons (Fsp3) is 0.333. The summed E-state index contributed by atoms with van der Waals surface area (Å²) in [6.45, 7) is 0. The van der Waals surface area contributed by atoms with Gasteiger partial charge in [-0.3, -0.25) is 0 Å². The van der Waals surface area contributed by atoms with Crippen LogP contribution in [0.15, 0.2) is 11.4 Å². The van der Waals surface area contributed by atoms with Gasteiger partial charge in [-0.2, -0.15) is 4.57 Å². The third-order valence-electron chi connectivity index (χ3n) is 2.06. The number of nitrogens with zero attached hydrogens (tertiary/aromatic N) is 2. The molecule has 0 amide bonds. The second kappa shape index (κ2) is 3.42. The van der Waals surface area contributed by atoms with Crippen molar-refractivity contribution in [2.75, 3.05) is 14.2 Å². The fourth-order valence-electron chi connectivity index (χ4n) is 1.36. The van der Waals surface area contributed by atoms with Crippen molar-refractivity contribution in [3.05, 3.63) is 11.4 Å². The number of methoxy groups -OCH3 is 2. The van der Waals surface area contributed by atoms with Crippen molar-refractivity contribution in [1.29, 1.82) is 0 Å². The molecule has 0 bridgehead atoms. The first-order valence-electron chi connectivity index (χ1n) is 4.13. The molecule has 0 aliphatic heterocycles. The highest BCUT2D eigenvalue weighted by molar-refractivity contribution is 7.17. The van der Waals surface area contributed by atoms with Crippen LogP contribution in [-0.2, 0) is 7.05 Å². The highest BCUT2D eigenvalue weighted by Crippen LogP contribution is 2.27. The van der Waals surface area contributed by atoms with E-state index in [1.165, 1.54) is 0 Å². The molecular formula is C9H11N2O2S+. The maximum absolute atomic E-state index is 5.19. The predicted molar refractivity (Wildman–Crippen MR) is 53.9 cm³/mol. The summed E-state index contributed by atoms with van der Waals surface area (Å²) in [5.74, 6) is 0.616. The summed E-state index contributed by atoms with van der Waals surface area (Å²) in [5, 5.41) is 2.01. The van der Waals surface area contributed by atoms with Crippen LogP contribution >= 0.6 is 11.3 Å². The Morgan fingerprint density at radius 1 is 1.36 bits per heavy atom. The van der Waals surface area contributed by atoms with Gasteiger partial charge in [0, 0.05) is 4.98 Å². The minimum Gasteiger partial charge on any atom is -0.462 e. The minimum absolute atomic E-state index is 0.549. The topological polar surface area (TPSA) is 35.2 Å². The highest BCUT2D eigenvalue weighted by atomic mass is 32.1. The van der Waals surface area contributed by atoms with Crippen molar-refractivity contribution in [3.8, 4) is 11.9 Å². The Hall–Kier alpha value is -1.36. The van der Waals surface area contributed by atoms with Crippen LogP contribution in [0, 0.1) is 0 Å². The van der Waals surface area contributed by atoms with Crippen molar-refractivity contribution >= 4 is 21.6 Å². The van der Waals surface area contributed by atoms with E-state index < -0.39 is 0 Å². The quantitative estimate of drug-likeness (QED) is 0.699. The number of ether oxygens (including phenoxy) is 2. The van der Waals surface area contributed by atoms with Gasteiger partial charge in [0.05, 0.1) is 21.3 Å². The maximum Gasteiger partial charge on any atom is 0.502 e. The number of aromatic nitrogens is 2. The summed E-state index contributed by atoms with van der Waals surface area (Å²) in [6.07, 6.45) is 0. The number of hydrogen-bond donors (Lipinski definition) is 0. The predicted octanol–water partition coefficient (Wildman–Crippen LogP) is 1.14. The Balaban J connectivity index is 2.80. The smallest absolute Gasteiger partial charge is 0.462 e. The molecule has 14 heavy (non-hydrogen) atoms. The van der Waals surface area contributed by atoms with Crippen LogP contribution in [-0.4, -0.2) is 19.2 Å². The van der Waals surface area contributed by atoms with Gasteiger partial charge in [-0.15, -0.1) is 11.3 Å². The summed E-state index contributed by atoms with van der Waals surface area (Å²) >= 11 is 1.61. The molecule has 2 aromatic rings. The van der Waals surface area contributed by atoms with Gasteiger partial charge >= 0.3 is 11.9 Å². The van der Waals surface area contributed by atoms with E-state index in [-0.39, 0.29) is 0 Å². The molecule has 0 atom stereocenters. The third kappa shape index (κ3) is 1.21. The number of rotatable bonds is 2. The summed E-state index contributed by atoms with van der Waals surface area (Å²) < 4.78 is 13.3. The van der Waals surface area contributed by atoms with Crippen molar-refractivity contribution in [2.45, 2.75) is 0 Å². The molecule has 2 aromatic heterocycles. The standard InChI is InChI=1S/C9H11N2O2S/c1-11-6-4-5-14-7(6)8(12-2)10-9(11)13-3/h4-5H,1-3H3/q+1. The summed E-state index contributed by atoms with van der Waals surface area (Å²) in [5.41, 5.74) is 1.07. The highest BCUT2D eigenvalue weighted by Gasteiger charge is 2.21. The molecule has 0 fully saturated rings. The second-order valence-corrected chi connectivity index (χ2v) is 3.72. The van der Waals surface area contributed by atoms with Gasteiger partial charge in [0.15, 0.2) is 10.2 Å². The normalized spacial score (nSPS) is 10.5. The Kier molecular flexibility index (Phi) is 2.25. The van der Waals surface area contributed by atoms with Crippen LogP contribution in [0.5, 0.6) is 11.9 Å². The lowest BCUT2D eigenvalue weighted by atomic mass is 10.4. The molecule has 0 N–H and O–H groups in total. The second-order valence-electron chi connectivity index (χ2n) is 2.80. The zero-order valence-corrected chi connectivity index (χ0v) is 9.09. The molecule has 0 aromatic carbocycles. The first-order valence-corrected chi connectivity index (χ1v) is 5.01. The molecule has 0 saturated heterocycles. The van der Waals surface area contributed by atoms with Crippen molar-refractivity contribution in [3.63, 3.8) is 0 Å². The first kappa shape index (κ1) is 9.21. The van der Waals surface area contributed by atoms with Crippen LogP contribution < -0.4 is 14.0 Å². The molecule has 0 unspecified atom stereocenters. The molecule has 2 rings (SSSR count). The maximum atomic E-state index is 5.19. The summed E-state index contributed by atoms with van der Waals surface area (Å²) in [6, 6.07) is 2.57. The Labute approximate surface area is 85.7 Å². The van der Waals surface area contributed by atoms with Crippen molar-refractivity contribution in [2.24, 2.45) is 7.05 Å². The first-order chi connectivity index (χ1) is 6.77. The van der Waals surface area contributed by atoms with Gasteiger partial charge in [-0.05, 0) is 11.4 Å². The largest absolute Gasteiger partial charge is 0.502 e. The number of thiophene rings is 1. The molecule has 5 heteroatoms. The van der Waals surface area contributed by atoms with Crippen LogP contribution in [0.2, 0.25) is 0 Å². The lowest BCUT2D eigenvalue weighted by Crippen LogP contribution is -2.32. The van der Waals surface area contributed by atoms with Gasteiger partial charge in [-0.1, -0.05) is 0 Å². The van der Waals surface area contributed by atoms with Gasteiger partial charge in [0.1, 0.15) is 0 Å². The summed E-state index contributed by atoms with van der Waals surface area (Å²) in [4.78, 5) is 4.24. The van der Waals surface area contributed by atoms with E-state index in [0.29, 0.717) is 11.9 Å². The SMILES string of the molecule is COc1nc(OC)[n+](C)c2ccsc12. The lowest BCUT2D eigenvalue weighted by molar-refractivity contribution is -0.653. The van der Waals surface area contributed by atoms with Crippen LogP contribution in [0.1, 0.15) is 0 Å². The summed E-state index contributed by atoms with van der Waals surface area (Å²) in [7, 11) is 5.13. The molecule has 0 spiro atoms. The van der Waals surface area contributed by atoms with E-state index in [1.807, 2.05) is 23.1 Å². The Morgan fingerprint density at radius 3 is 2.79 bits per heavy atom. The fourth-order valence-corrected chi connectivity index (χ4v) is 2.25. The monoisotopic (exact) mass is 211 g/mol. The Bertz CT molecular complexity index is 467. The van der Waals surface area contributed by atoms with E-state index in [9.17, 15) is 0 Å². The zero-order chi connectivity index (χ0) is 10.1. The molecule has 74 valence electrons. The average molecular weight is 211 g/mol. The van der Waals surface area contributed by atoms with E-state index in [4.69, 9.17) is 9.47 Å². The van der Waals surface area contributed by atoms with E-state index in [1.54, 1.807) is 25.6 Å². The lowest BCUT2D eigenvalue weighted by Gasteiger charge is -2.00. The molecule has 0 aliphatic carbocycles. The van der Waals surface area contributed by atoms with Gasteiger partial charge in [-0.25, -0.2) is 0 Å². The zero-order valence-electron chi connectivity index (χ0n) is 8.27. The number of hydrogen-bond acceptors (Lipinski definition) is 4. The van der Waals surface area contributed by atoms with Crippen LogP contribution in [0.4, 0.5) is 0 Å².